The monoisotopic (exact) mass is 507 g/mol. The lowest BCUT2D eigenvalue weighted by atomic mass is 9.66. The first kappa shape index (κ1) is 25.4. The third kappa shape index (κ3) is 5.09. The topological polar surface area (TPSA) is 62.8 Å². The largest absolute Gasteiger partial charge is 0.453 e. The molecule has 2 saturated heterocycles. The van der Waals surface area contributed by atoms with Crippen LogP contribution in [0.2, 0.25) is 0 Å². The van der Waals surface area contributed by atoms with Gasteiger partial charge >= 0.3 is 12.3 Å². The fourth-order valence-corrected chi connectivity index (χ4v) is 6.69. The molecule has 2 fully saturated rings. The van der Waals surface area contributed by atoms with Crippen LogP contribution in [0.3, 0.4) is 0 Å². The van der Waals surface area contributed by atoms with Gasteiger partial charge in [0.05, 0.1) is 12.7 Å². The zero-order valence-electron chi connectivity index (χ0n) is 21.0. The van der Waals surface area contributed by atoms with Crippen LogP contribution in [0.1, 0.15) is 50.2 Å². The number of nitrogens with one attached hydrogen (secondary N) is 2. The van der Waals surface area contributed by atoms with Gasteiger partial charge in [-0.05, 0) is 92.2 Å². The third-order valence-corrected chi connectivity index (χ3v) is 8.94. The highest BCUT2D eigenvalue weighted by atomic mass is 19.4. The molecular formula is C27H36F3N3O3. The number of amides is 1. The molecule has 2 N–H and O–H groups in total. The number of carbonyl (C=O) groups is 1. The number of carbonyl (C=O) groups excluding carboxylic acids is 1. The van der Waals surface area contributed by atoms with Crippen molar-refractivity contribution in [2.45, 2.75) is 57.2 Å². The van der Waals surface area contributed by atoms with Crippen LogP contribution in [0.4, 0.5) is 23.7 Å². The van der Waals surface area contributed by atoms with Gasteiger partial charge in [-0.2, -0.15) is 13.2 Å². The van der Waals surface area contributed by atoms with Crippen molar-refractivity contribution in [1.29, 1.82) is 0 Å². The Morgan fingerprint density at radius 3 is 2.81 bits per heavy atom. The van der Waals surface area contributed by atoms with Crippen molar-refractivity contribution in [1.82, 2.24) is 10.2 Å². The molecule has 0 radical (unpaired) electrons. The number of hydrogen-bond donors (Lipinski definition) is 2. The van der Waals surface area contributed by atoms with Crippen LogP contribution in [0.25, 0.3) is 0 Å². The second-order valence-electron chi connectivity index (χ2n) is 10.9. The molecule has 3 heterocycles. The number of methoxy groups -OCH3 is 1. The highest BCUT2D eigenvalue weighted by Gasteiger charge is 2.42. The van der Waals surface area contributed by atoms with E-state index in [0.29, 0.717) is 37.4 Å². The molecule has 1 aromatic carbocycles. The molecule has 4 aliphatic rings. The Morgan fingerprint density at radius 2 is 2.08 bits per heavy atom. The summed E-state index contributed by atoms with van der Waals surface area (Å²) in [5, 5.41) is 6.57. The van der Waals surface area contributed by atoms with E-state index < -0.39 is 17.8 Å². The Balaban J connectivity index is 1.26. The molecule has 3 atom stereocenters. The number of benzene rings is 1. The van der Waals surface area contributed by atoms with E-state index in [4.69, 9.17) is 9.47 Å². The van der Waals surface area contributed by atoms with Gasteiger partial charge in [0.15, 0.2) is 0 Å². The Labute approximate surface area is 210 Å². The fourth-order valence-electron chi connectivity index (χ4n) is 6.69. The number of hydrogen-bond acceptors (Lipinski definition) is 5. The van der Waals surface area contributed by atoms with Crippen LogP contribution in [0.5, 0.6) is 0 Å². The first-order chi connectivity index (χ1) is 17.2. The lowest BCUT2D eigenvalue weighted by Crippen LogP contribution is -2.54. The van der Waals surface area contributed by atoms with Crippen LogP contribution in [0, 0.1) is 17.8 Å². The Kier molecular flexibility index (Phi) is 6.98. The summed E-state index contributed by atoms with van der Waals surface area (Å²) < 4.78 is 50.3. The number of fused-ring (bicyclic) bond motifs is 2. The first-order valence-corrected chi connectivity index (χ1v) is 13.0. The van der Waals surface area contributed by atoms with E-state index >= 15 is 0 Å². The number of rotatable bonds is 4. The normalized spacial score (nSPS) is 27.9. The number of anilines is 1. The molecule has 3 aliphatic heterocycles. The van der Waals surface area contributed by atoms with Crippen LogP contribution < -0.4 is 10.6 Å². The average molecular weight is 508 g/mol. The summed E-state index contributed by atoms with van der Waals surface area (Å²) in [6, 6.07) is 4.06. The molecule has 0 bridgehead atoms. The summed E-state index contributed by atoms with van der Waals surface area (Å²) in [6.45, 7) is 6.40. The summed E-state index contributed by atoms with van der Waals surface area (Å²) in [5.74, 6) is 1.36. The van der Waals surface area contributed by atoms with Crippen molar-refractivity contribution >= 4 is 11.8 Å². The van der Waals surface area contributed by atoms with E-state index in [9.17, 15) is 18.0 Å². The van der Waals surface area contributed by atoms with Crippen molar-refractivity contribution < 1.29 is 27.4 Å². The van der Waals surface area contributed by atoms with Crippen molar-refractivity contribution in [3.05, 3.63) is 40.6 Å². The second-order valence-corrected chi connectivity index (χ2v) is 10.9. The standard InChI is InChI=1S/C27H36F3N3O3/c1-17-21-14-19-13-20(27(28,29)30)3-4-23(19)31-24(21)15-18-5-9-33(16-22(17)18)10-6-26(32-25(34)35-2)7-11-36-12-8-26/h3-4,13,17-18,22,31H,5-12,14-16H2,1-2H3,(H,32,34)/t17-,18+,22+/m0/s1. The molecule has 1 amide bonds. The molecule has 0 spiro atoms. The lowest BCUT2D eigenvalue weighted by molar-refractivity contribution is -0.137. The number of nitrogens with zero attached hydrogens (tertiary/aromatic N) is 1. The number of alkyl carbamates (subject to hydrolysis) is 1. The van der Waals surface area contributed by atoms with Gasteiger partial charge in [-0.1, -0.05) is 6.92 Å². The Morgan fingerprint density at radius 1 is 1.31 bits per heavy atom. The molecule has 0 unspecified atom stereocenters. The minimum absolute atomic E-state index is 0.302. The minimum Gasteiger partial charge on any atom is -0.453 e. The van der Waals surface area contributed by atoms with Crippen LogP contribution >= 0.6 is 0 Å². The number of alkyl halides is 3. The molecule has 0 aromatic heterocycles. The molecule has 6 nitrogen and oxygen atoms in total. The van der Waals surface area contributed by atoms with Gasteiger partial charge in [0.2, 0.25) is 0 Å². The van der Waals surface area contributed by atoms with Gasteiger partial charge < -0.3 is 25.0 Å². The van der Waals surface area contributed by atoms with E-state index in [1.165, 1.54) is 30.5 Å². The lowest BCUT2D eigenvalue weighted by Gasteiger charge is -2.48. The predicted molar refractivity (Wildman–Crippen MR) is 131 cm³/mol. The smallest absolute Gasteiger partial charge is 0.416 e. The molecule has 1 aromatic rings. The maximum absolute atomic E-state index is 13.3. The van der Waals surface area contributed by atoms with Gasteiger partial charge in [0.1, 0.15) is 0 Å². The predicted octanol–water partition coefficient (Wildman–Crippen LogP) is 5.20. The van der Waals surface area contributed by atoms with E-state index in [1.54, 1.807) is 6.07 Å². The van der Waals surface area contributed by atoms with E-state index in [0.717, 1.165) is 63.0 Å². The molecule has 9 heteroatoms. The van der Waals surface area contributed by atoms with Crippen molar-refractivity contribution in [3.63, 3.8) is 0 Å². The summed E-state index contributed by atoms with van der Waals surface area (Å²) in [4.78, 5) is 14.5. The first-order valence-electron chi connectivity index (χ1n) is 13.0. The SMILES string of the molecule is COC(=O)NC1(CCN2CC[C@@H]3CC4=C(Cc5cc(C(F)(F)F)ccc5N4)[C@H](C)[C@H]3C2)CCOCC1. The zero-order chi connectivity index (χ0) is 25.5. The molecule has 0 saturated carbocycles. The van der Waals surface area contributed by atoms with Gasteiger partial charge in [0, 0.05) is 43.2 Å². The highest BCUT2D eigenvalue weighted by molar-refractivity contribution is 5.68. The highest BCUT2D eigenvalue weighted by Crippen LogP contribution is 2.47. The quantitative estimate of drug-likeness (QED) is 0.587. The van der Waals surface area contributed by atoms with Crippen molar-refractivity contribution in [2.24, 2.45) is 17.8 Å². The van der Waals surface area contributed by atoms with Gasteiger partial charge in [0.25, 0.3) is 0 Å². The molecule has 5 rings (SSSR count). The fraction of sp³-hybridized carbons (Fsp3) is 0.667. The number of halogens is 3. The van der Waals surface area contributed by atoms with Crippen LogP contribution in [-0.2, 0) is 22.1 Å². The summed E-state index contributed by atoms with van der Waals surface area (Å²) >= 11 is 0. The summed E-state index contributed by atoms with van der Waals surface area (Å²) in [7, 11) is 1.39. The Bertz CT molecular complexity index is 1020. The molecule has 198 valence electrons. The third-order valence-electron chi connectivity index (χ3n) is 8.94. The van der Waals surface area contributed by atoms with Gasteiger partial charge in [-0.25, -0.2) is 4.79 Å². The summed E-state index contributed by atoms with van der Waals surface area (Å²) in [6.07, 6.45) is 0.325. The molecular weight excluding hydrogens is 471 g/mol. The number of ether oxygens (including phenoxy) is 2. The van der Waals surface area contributed by atoms with E-state index in [2.05, 4.69) is 22.5 Å². The van der Waals surface area contributed by atoms with E-state index in [1.807, 2.05) is 0 Å². The van der Waals surface area contributed by atoms with Crippen molar-refractivity contribution in [2.75, 3.05) is 45.3 Å². The van der Waals surface area contributed by atoms with Crippen LogP contribution in [0.15, 0.2) is 29.5 Å². The molecule has 36 heavy (non-hydrogen) atoms. The molecule has 1 aliphatic carbocycles. The second kappa shape index (κ2) is 9.89. The van der Waals surface area contributed by atoms with Crippen molar-refractivity contribution in [3.8, 4) is 0 Å². The maximum atomic E-state index is 13.3. The Hall–Kier alpha value is -2.26. The van der Waals surface area contributed by atoms with Gasteiger partial charge in [-0.15, -0.1) is 0 Å². The average Bonchev–Trinajstić information content (AvgIpc) is 2.86. The minimum atomic E-state index is -4.33. The number of allylic oxidation sites excluding steroid dienone is 2. The van der Waals surface area contributed by atoms with Crippen LogP contribution in [-0.4, -0.2) is 56.5 Å². The number of piperidine rings is 1. The summed E-state index contributed by atoms with van der Waals surface area (Å²) in [5.41, 5.74) is 3.14. The van der Waals surface area contributed by atoms with E-state index in [-0.39, 0.29) is 5.54 Å². The maximum Gasteiger partial charge on any atom is 0.416 e. The van der Waals surface area contributed by atoms with Gasteiger partial charge in [-0.3, -0.25) is 0 Å². The zero-order valence-corrected chi connectivity index (χ0v) is 21.0. The number of likely N-dealkylation sites (tertiary alicyclic amines) is 1.